The van der Waals surface area contributed by atoms with Crippen LogP contribution in [0, 0.1) is 5.92 Å². The van der Waals surface area contributed by atoms with Gasteiger partial charge in [0.05, 0.1) is 0 Å². The highest BCUT2D eigenvalue weighted by Crippen LogP contribution is 2.14. The Morgan fingerprint density at radius 1 is 1.14 bits per heavy atom. The Labute approximate surface area is 137 Å². The van der Waals surface area contributed by atoms with Gasteiger partial charge in [-0.2, -0.15) is 0 Å². The average molecular weight is 312 g/mol. The third-order valence-corrected chi connectivity index (χ3v) is 4.61. The number of nitrogens with one attached hydrogen (secondary N) is 2. The van der Waals surface area contributed by atoms with Crippen molar-refractivity contribution in [2.24, 2.45) is 10.9 Å². The standard InChI is InChI=1S/C17H37N5/c1-14(2)22(15(3)4)12-9-19-17(18-5)20-13-16-7-10-21(6)11-8-16/h14-16H,7-13H2,1-6H3,(H2,18,19,20). The lowest BCUT2D eigenvalue weighted by atomic mass is 9.97. The molecule has 0 aromatic heterocycles. The van der Waals surface area contributed by atoms with E-state index in [-0.39, 0.29) is 0 Å². The van der Waals surface area contributed by atoms with E-state index < -0.39 is 0 Å². The summed E-state index contributed by atoms with van der Waals surface area (Å²) in [7, 11) is 4.06. The largest absolute Gasteiger partial charge is 0.356 e. The number of guanidine groups is 1. The smallest absolute Gasteiger partial charge is 0.191 e. The van der Waals surface area contributed by atoms with Gasteiger partial charge in [0, 0.05) is 38.8 Å². The van der Waals surface area contributed by atoms with Gasteiger partial charge in [0.2, 0.25) is 0 Å². The van der Waals surface area contributed by atoms with Crippen LogP contribution in [0.1, 0.15) is 40.5 Å². The molecule has 0 spiro atoms. The highest BCUT2D eigenvalue weighted by atomic mass is 15.2. The number of rotatable bonds is 7. The van der Waals surface area contributed by atoms with Gasteiger partial charge in [-0.15, -0.1) is 0 Å². The Bertz CT molecular complexity index is 311. The van der Waals surface area contributed by atoms with Crippen LogP contribution in [0.4, 0.5) is 0 Å². The minimum absolute atomic E-state index is 0.580. The molecule has 1 rings (SSSR count). The van der Waals surface area contributed by atoms with Gasteiger partial charge in [-0.3, -0.25) is 9.89 Å². The summed E-state index contributed by atoms with van der Waals surface area (Å²) in [6.07, 6.45) is 2.57. The Kier molecular flexibility index (Phi) is 8.79. The fourth-order valence-electron chi connectivity index (χ4n) is 3.14. The summed E-state index contributed by atoms with van der Waals surface area (Å²) in [5.74, 6) is 1.71. The van der Waals surface area contributed by atoms with Crippen molar-refractivity contribution in [3.63, 3.8) is 0 Å². The molecule has 1 aliphatic heterocycles. The van der Waals surface area contributed by atoms with Gasteiger partial charge in [-0.05, 0) is 66.6 Å². The van der Waals surface area contributed by atoms with Crippen LogP contribution in [0.5, 0.6) is 0 Å². The zero-order valence-corrected chi connectivity index (χ0v) is 15.5. The molecule has 2 N–H and O–H groups in total. The lowest BCUT2D eigenvalue weighted by Gasteiger charge is -2.31. The second kappa shape index (κ2) is 10.1. The number of likely N-dealkylation sites (tertiary alicyclic amines) is 1. The molecule has 1 aliphatic rings. The first-order chi connectivity index (χ1) is 10.4. The summed E-state index contributed by atoms with van der Waals surface area (Å²) in [5.41, 5.74) is 0. The van der Waals surface area contributed by atoms with Crippen molar-refractivity contribution in [2.45, 2.75) is 52.6 Å². The molecule has 1 saturated heterocycles. The minimum atomic E-state index is 0.580. The molecule has 0 aromatic rings. The highest BCUT2D eigenvalue weighted by molar-refractivity contribution is 5.79. The van der Waals surface area contributed by atoms with Crippen molar-refractivity contribution in [3.8, 4) is 0 Å². The normalized spacial score (nSPS) is 18.5. The predicted octanol–water partition coefficient (Wildman–Crippen LogP) is 1.61. The number of piperidine rings is 1. The molecule has 0 aromatic carbocycles. The summed E-state index contributed by atoms with van der Waals surface area (Å²) < 4.78 is 0. The molecule has 130 valence electrons. The first-order valence-corrected chi connectivity index (χ1v) is 8.82. The van der Waals surface area contributed by atoms with Crippen molar-refractivity contribution in [1.29, 1.82) is 0 Å². The van der Waals surface area contributed by atoms with Gasteiger partial charge in [0.25, 0.3) is 0 Å². The van der Waals surface area contributed by atoms with E-state index in [0.29, 0.717) is 12.1 Å². The van der Waals surface area contributed by atoms with Crippen LogP contribution in [0.3, 0.4) is 0 Å². The Hall–Kier alpha value is -0.810. The van der Waals surface area contributed by atoms with E-state index in [1.807, 2.05) is 7.05 Å². The molecule has 0 amide bonds. The number of hydrogen-bond acceptors (Lipinski definition) is 3. The summed E-state index contributed by atoms with van der Waals surface area (Å²) in [4.78, 5) is 9.25. The SMILES string of the molecule is CN=C(NCCN(C(C)C)C(C)C)NCC1CCN(C)CC1. The van der Waals surface area contributed by atoms with E-state index in [1.54, 1.807) is 0 Å². The Morgan fingerprint density at radius 2 is 1.73 bits per heavy atom. The van der Waals surface area contributed by atoms with Crippen molar-refractivity contribution >= 4 is 5.96 Å². The van der Waals surface area contributed by atoms with E-state index in [9.17, 15) is 0 Å². The molecular formula is C17H37N5. The van der Waals surface area contributed by atoms with Crippen LogP contribution < -0.4 is 10.6 Å². The maximum atomic E-state index is 4.34. The van der Waals surface area contributed by atoms with Crippen LogP contribution in [0.15, 0.2) is 4.99 Å². The molecule has 5 nitrogen and oxygen atoms in total. The lowest BCUT2D eigenvalue weighted by molar-refractivity contribution is 0.178. The van der Waals surface area contributed by atoms with Crippen molar-refractivity contribution in [1.82, 2.24) is 20.4 Å². The molecule has 1 heterocycles. The minimum Gasteiger partial charge on any atom is -0.356 e. The van der Waals surface area contributed by atoms with Crippen molar-refractivity contribution in [3.05, 3.63) is 0 Å². The van der Waals surface area contributed by atoms with E-state index in [2.05, 4.69) is 60.2 Å². The third kappa shape index (κ3) is 6.97. The van der Waals surface area contributed by atoms with Crippen molar-refractivity contribution < 1.29 is 0 Å². The van der Waals surface area contributed by atoms with Gasteiger partial charge in [-0.1, -0.05) is 0 Å². The molecule has 0 saturated carbocycles. The third-order valence-electron chi connectivity index (χ3n) is 4.61. The fourth-order valence-corrected chi connectivity index (χ4v) is 3.14. The number of hydrogen-bond donors (Lipinski definition) is 2. The first-order valence-electron chi connectivity index (χ1n) is 8.82. The van der Waals surface area contributed by atoms with Crippen LogP contribution in [-0.2, 0) is 0 Å². The van der Waals surface area contributed by atoms with Gasteiger partial charge < -0.3 is 15.5 Å². The molecule has 0 unspecified atom stereocenters. The fraction of sp³-hybridized carbons (Fsp3) is 0.941. The zero-order chi connectivity index (χ0) is 16.5. The zero-order valence-electron chi connectivity index (χ0n) is 15.5. The van der Waals surface area contributed by atoms with Crippen LogP contribution in [-0.4, -0.2) is 74.7 Å². The Morgan fingerprint density at radius 3 is 2.23 bits per heavy atom. The summed E-state index contributed by atoms with van der Waals surface area (Å²) in [6, 6.07) is 1.16. The van der Waals surface area contributed by atoms with Crippen LogP contribution in [0.25, 0.3) is 0 Å². The van der Waals surface area contributed by atoms with E-state index in [4.69, 9.17) is 0 Å². The number of aliphatic imine (C=N–C) groups is 1. The number of nitrogens with zero attached hydrogens (tertiary/aromatic N) is 3. The molecule has 0 atom stereocenters. The van der Waals surface area contributed by atoms with Gasteiger partial charge in [0.15, 0.2) is 5.96 Å². The highest BCUT2D eigenvalue weighted by Gasteiger charge is 2.17. The molecule has 22 heavy (non-hydrogen) atoms. The Balaban J connectivity index is 2.25. The average Bonchev–Trinajstić information content (AvgIpc) is 2.47. The quantitative estimate of drug-likeness (QED) is 0.554. The monoisotopic (exact) mass is 311 g/mol. The predicted molar refractivity (Wildman–Crippen MR) is 96.6 cm³/mol. The van der Waals surface area contributed by atoms with Crippen molar-refractivity contribution in [2.75, 3.05) is 46.8 Å². The van der Waals surface area contributed by atoms with Gasteiger partial charge in [0.1, 0.15) is 0 Å². The van der Waals surface area contributed by atoms with E-state index >= 15 is 0 Å². The van der Waals surface area contributed by atoms with Gasteiger partial charge >= 0.3 is 0 Å². The summed E-state index contributed by atoms with van der Waals surface area (Å²) in [6.45, 7) is 14.5. The molecular weight excluding hydrogens is 274 g/mol. The second-order valence-electron chi connectivity index (χ2n) is 7.05. The summed E-state index contributed by atoms with van der Waals surface area (Å²) >= 11 is 0. The summed E-state index contributed by atoms with van der Waals surface area (Å²) in [5, 5.41) is 6.93. The van der Waals surface area contributed by atoms with Crippen LogP contribution in [0.2, 0.25) is 0 Å². The molecule has 0 radical (unpaired) electrons. The van der Waals surface area contributed by atoms with Gasteiger partial charge in [-0.25, -0.2) is 0 Å². The van der Waals surface area contributed by atoms with E-state index in [0.717, 1.165) is 31.5 Å². The lowest BCUT2D eigenvalue weighted by Crippen LogP contribution is -2.46. The molecule has 1 fully saturated rings. The van der Waals surface area contributed by atoms with E-state index in [1.165, 1.54) is 25.9 Å². The first kappa shape index (κ1) is 19.2. The maximum absolute atomic E-state index is 4.34. The molecule has 0 bridgehead atoms. The second-order valence-corrected chi connectivity index (χ2v) is 7.05. The van der Waals surface area contributed by atoms with Crippen LogP contribution >= 0.6 is 0 Å². The maximum Gasteiger partial charge on any atom is 0.191 e. The molecule has 5 heteroatoms. The topological polar surface area (TPSA) is 42.9 Å². The molecule has 0 aliphatic carbocycles.